The van der Waals surface area contributed by atoms with Crippen LogP contribution in [0.2, 0.25) is 0 Å². The van der Waals surface area contributed by atoms with Crippen LogP contribution in [0.1, 0.15) is 27.7 Å². The molecule has 1 rings (SSSR count). The first-order chi connectivity index (χ1) is 6.80. The van der Waals surface area contributed by atoms with E-state index in [0.717, 1.165) is 0 Å². The Morgan fingerprint density at radius 2 is 1.33 bits per heavy atom. The van der Waals surface area contributed by atoms with Crippen molar-refractivity contribution in [3.8, 4) is 0 Å². The molecule has 0 radical (unpaired) electrons. The predicted octanol–water partition coefficient (Wildman–Crippen LogP) is 0.548. The van der Waals surface area contributed by atoms with Crippen molar-refractivity contribution in [2.75, 3.05) is 0 Å². The van der Waals surface area contributed by atoms with Gasteiger partial charge in [-0.25, -0.2) is 0 Å². The Morgan fingerprint density at radius 1 is 1.00 bits per heavy atom. The van der Waals surface area contributed by atoms with Gasteiger partial charge in [-0.15, -0.1) is 0 Å². The van der Waals surface area contributed by atoms with E-state index in [-0.39, 0.29) is 0 Å². The van der Waals surface area contributed by atoms with Gasteiger partial charge < -0.3 is 18.9 Å². The lowest BCUT2D eigenvalue weighted by Gasteiger charge is -2.15. The molecule has 6 nitrogen and oxygen atoms in total. The molecule has 0 aromatic rings. The van der Waals surface area contributed by atoms with Crippen LogP contribution in [0.4, 0.5) is 0 Å². The molecule has 0 amide bonds. The molecular formula is C9H14O6. The van der Waals surface area contributed by atoms with Gasteiger partial charge >= 0.3 is 11.9 Å². The van der Waals surface area contributed by atoms with Crippen molar-refractivity contribution in [1.29, 1.82) is 0 Å². The van der Waals surface area contributed by atoms with Crippen molar-refractivity contribution < 1.29 is 28.5 Å². The van der Waals surface area contributed by atoms with Crippen molar-refractivity contribution in [1.82, 2.24) is 0 Å². The Morgan fingerprint density at radius 3 is 1.60 bits per heavy atom. The molecule has 0 unspecified atom stereocenters. The minimum Gasteiger partial charge on any atom is -0.429 e. The predicted molar refractivity (Wildman–Crippen MR) is 47.4 cm³/mol. The van der Waals surface area contributed by atoms with E-state index in [1.807, 2.05) is 0 Å². The Balaban J connectivity index is 2.65. The van der Waals surface area contributed by atoms with Gasteiger partial charge in [0.1, 0.15) is 0 Å². The zero-order chi connectivity index (χ0) is 11.6. The summed E-state index contributed by atoms with van der Waals surface area (Å²) in [4.78, 5) is 21.5. The van der Waals surface area contributed by atoms with Crippen molar-refractivity contribution in [2.45, 2.75) is 46.1 Å². The molecule has 86 valence electrons. The smallest absolute Gasteiger partial charge is 0.305 e. The summed E-state index contributed by atoms with van der Waals surface area (Å²) >= 11 is 0. The summed E-state index contributed by atoms with van der Waals surface area (Å²) in [5, 5.41) is 0. The van der Waals surface area contributed by atoms with E-state index >= 15 is 0 Å². The molecule has 15 heavy (non-hydrogen) atoms. The highest BCUT2D eigenvalue weighted by Gasteiger charge is 2.45. The second kappa shape index (κ2) is 4.16. The summed E-state index contributed by atoms with van der Waals surface area (Å²) in [7, 11) is 0. The topological polar surface area (TPSA) is 71.1 Å². The number of carbonyl (C=O) groups is 2. The maximum atomic E-state index is 10.7. The third-order valence-corrected chi connectivity index (χ3v) is 1.59. The molecule has 0 aromatic heterocycles. The maximum Gasteiger partial charge on any atom is 0.305 e. The van der Waals surface area contributed by atoms with Gasteiger partial charge in [-0.05, 0) is 13.8 Å². The Kier molecular flexibility index (Phi) is 3.31. The van der Waals surface area contributed by atoms with E-state index in [0.29, 0.717) is 0 Å². The second-order valence-corrected chi connectivity index (χ2v) is 3.59. The molecule has 2 atom stereocenters. The number of hydrogen-bond donors (Lipinski definition) is 0. The van der Waals surface area contributed by atoms with Gasteiger partial charge in [-0.3, -0.25) is 9.59 Å². The van der Waals surface area contributed by atoms with Crippen LogP contribution in [0, 0.1) is 0 Å². The summed E-state index contributed by atoms with van der Waals surface area (Å²) < 4.78 is 20.1. The summed E-state index contributed by atoms with van der Waals surface area (Å²) in [6, 6.07) is 0. The molecule has 6 heteroatoms. The van der Waals surface area contributed by atoms with E-state index in [1.54, 1.807) is 13.8 Å². The lowest BCUT2D eigenvalue weighted by molar-refractivity contribution is -0.202. The average Bonchev–Trinajstić information content (AvgIpc) is 2.22. The molecule has 0 N–H and O–H groups in total. The standard InChI is InChI=1S/C9H14O6/c1-5(10)12-7-8(13-6(2)11)15-9(3,4)14-7/h7-8H,1-4H3/t7-,8-/m1/s1. The van der Waals surface area contributed by atoms with E-state index < -0.39 is 30.3 Å². The fraction of sp³-hybridized carbons (Fsp3) is 0.778. The van der Waals surface area contributed by atoms with Crippen LogP contribution in [0.15, 0.2) is 0 Å². The summed E-state index contributed by atoms with van der Waals surface area (Å²) in [6.07, 6.45) is -2.03. The molecule has 1 aliphatic heterocycles. The molecule has 1 saturated heterocycles. The van der Waals surface area contributed by atoms with Gasteiger partial charge in [-0.2, -0.15) is 0 Å². The summed E-state index contributed by atoms with van der Waals surface area (Å²) in [5.74, 6) is -2.00. The normalized spacial score (nSPS) is 28.5. The fourth-order valence-electron chi connectivity index (χ4n) is 1.18. The third-order valence-electron chi connectivity index (χ3n) is 1.59. The minimum atomic E-state index is -1.01. The molecule has 1 fully saturated rings. The zero-order valence-electron chi connectivity index (χ0n) is 9.10. The van der Waals surface area contributed by atoms with Crippen molar-refractivity contribution >= 4 is 11.9 Å². The van der Waals surface area contributed by atoms with Gasteiger partial charge in [0.25, 0.3) is 12.6 Å². The van der Waals surface area contributed by atoms with Gasteiger partial charge in [-0.1, -0.05) is 0 Å². The largest absolute Gasteiger partial charge is 0.429 e. The van der Waals surface area contributed by atoms with Gasteiger partial charge in [0, 0.05) is 13.8 Å². The van der Waals surface area contributed by atoms with Crippen LogP contribution in [0.3, 0.4) is 0 Å². The molecule has 0 aromatic carbocycles. The van der Waals surface area contributed by atoms with Crippen LogP contribution in [0.25, 0.3) is 0 Å². The van der Waals surface area contributed by atoms with Gasteiger partial charge in [0.05, 0.1) is 0 Å². The first kappa shape index (κ1) is 11.9. The number of hydrogen-bond acceptors (Lipinski definition) is 6. The highest BCUT2D eigenvalue weighted by molar-refractivity contribution is 5.67. The van der Waals surface area contributed by atoms with Crippen LogP contribution in [-0.2, 0) is 28.5 Å². The Bertz CT molecular complexity index is 246. The fourth-order valence-corrected chi connectivity index (χ4v) is 1.18. The van der Waals surface area contributed by atoms with Gasteiger partial charge in [0.2, 0.25) is 0 Å². The highest BCUT2D eigenvalue weighted by Crippen LogP contribution is 2.29. The Hall–Kier alpha value is -1.14. The summed E-state index contributed by atoms with van der Waals surface area (Å²) in [5.41, 5.74) is 0. The van der Waals surface area contributed by atoms with Crippen LogP contribution in [-0.4, -0.2) is 30.3 Å². The third kappa shape index (κ3) is 3.49. The first-order valence-electron chi connectivity index (χ1n) is 4.50. The van der Waals surface area contributed by atoms with E-state index in [9.17, 15) is 9.59 Å². The molecule has 0 spiro atoms. The molecule has 0 saturated carbocycles. The highest BCUT2D eigenvalue weighted by atomic mass is 16.9. The number of carbonyl (C=O) groups excluding carboxylic acids is 2. The molecule has 1 heterocycles. The number of esters is 2. The van der Waals surface area contributed by atoms with Gasteiger partial charge in [0.15, 0.2) is 5.79 Å². The SMILES string of the molecule is CC(=O)O[C@@H]1OC(C)(C)O[C@H]1OC(C)=O. The quantitative estimate of drug-likeness (QED) is 0.630. The summed E-state index contributed by atoms with van der Waals surface area (Å²) in [6.45, 7) is 5.74. The van der Waals surface area contributed by atoms with Crippen molar-refractivity contribution in [3.63, 3.8) is 0 Å². The Labute approximate surface area is 87.4 Å². The van der Waals surface area contributed by atoms with E-state index in [2.05, 4.69) is 0 Å². The first-order valence-corrected chi connectivity index (χ1v) is 4.50. The van der Waals surface area contributed by atoms with Crippen LogP contribution >= 0.6 is 0 Å². The molecule has 0 bridgehead atoms. The van der Waals surface area contributed by atoms with Crippen LogP contribution in [0.5, 0.6) is 0 Å². The van der Waals surface area contributed by atoms with E-state index in [4.69, 9.17) is 18.9 Å². The number of ether oxygens (including phenoxy) is 4. The zero-order valence-corrected chi connectivity index (χ0v) is 9.10. The second-order valence-electron chi connectivity index (χ2n) is 3.59. The van der Waals surface area contributed by atoms with Crippen molar-refractivity contribution in [3.05, 3.63) is 0 Å². The average molecular weight is 218 g/mol. The molecular weight excluding hydrogens is 204 g/mol. The monoisotopic (exact) mass is 218 g/mol. The van der Waals surface area contributed by atoms with E-state index in [1.165, 1.54) is 13.8 Å². The molecule has 0 aliphatic carbocycles. The maximum absolute atomic E-state index is 10.7. The molecule has 1 aliphatic rings. The minimum absolute atomic E-state index is 0.529. The number of rotatable bonds is 2. The lowest BCUT2D eigenvalue weighted by atomic mass is 10.4. The van der Waals surface area contributed by atoms with Crippen LogP contribution < -0.4 is 0 Å². The van der Waals surface area contributed by atoms with Crippen molar-refractivity contribution in [2.24, 2.45) is 0 Å². The lowest BCUT2D eigenvalue weighted by Crippen LogP contribution is -2.31.